The van der Waals surface area contributed by atoms with Crippen LogP contribution in [0.15, 0.2) is 54.6 Å². The molecule has 1 N–H and O–H groups in total. The number of amides is 1. The minimum atomic E-state index is -0.247. The minimum Gasteiger partial charge on any atom is -0.497 e. The largest absolute Gasteiger partial charge is 0.497 e. The van der Waals surface area contributed by atoms with Crippen LogP contribution in [0.25, 0.3) is 5.69 Å². The van der Waals surface area contributed by atoms with E-state index in [0.717, 1.165) is 22.8 Å². The number of hydrogen-bond acceptors (Lipinski definition) is 2. The van der Waals surface area contributed by atoms with E-state index in [1.165, 1.54) is 6.07 Å². The van der Waals surface area contributed by atoms with E-state index in [1.54, 1.807) is 25.3 Å². The number of nitrogens with one attached hydrogen (secondary N) is 1. The number of ether oxygens (including phenoxy) is 1. The second-order valence-electron chi connectivity index (χ2n) is 6.42. The Hall–Kier alpha value is -3.08. The molecule has 3 rings (SSSR count). The Morgan fingerprint density at radius 1 is 1.11 bits per heavy atom. The maximum Gasteiger partial charge on any atom is 0.253 e. The van der Waals surface area contributed by atoms with E-state index >= 15 is 0 Å². The minimum absolute atomic E-state index is 0.159. The molecule has 0 fully saturated rings. The number of halogens is 1. The third-order valence-corrected chi connectivity index (χ3v) is 4.63. The lowest BCUT2D eigenvalue weighted by Crippen LogP contribution is -2.26. The molecule has 1 aromatic heterocycles. The number of hydrogen-bond donors (Lipinski definition) is 1. The van der Waals surface area contributed by atoms with Crippen molar-refractivity contribution in [2.24, 2.45) is 0 Å². The molecular weight excluding hydrogens is 343 g/mol. The van der Waals surface area contributed by atoms with Gasteiger partial charge in [0.05, 0.1) is 12.7 Å². The van der Waals surface area contributed by atoms with Crippen LogP contribution in [-0.4, -0.2) is 24.1 Å². The normalized spacial score (nSPS) is 10.7. The zero-order chi connectivity index (χ0) is 19.4. The zero-order valence-corrected chi connectivity index (χ0v) is 15.8. The molecule has 4 nitrogen and oxygen atoms in total. The van der Waals surface area contributed by atoms with Gasteiger partial charge in [0.25, 0.3) is 5.91 Å². The predicted molar refractivity (Wildman–Crippen MR) is 104 cm³/mol. The lowest BCUT2D eigenvalue weighted by molar-refractivity contribution is 0.0953. The number of aryl methyl sites for hydroxylation is 1. The van der Waals surface area contributed by atoms with Crippen molar-refractivity contribution in [2.75, 3.05) is 13.7 Å². The maximum atomic E-state index is 13.7. The van der Waals surface area contributed by atoms with Gasteiger partial charge in [0.1, 0.15) is 11.6 Å². The highest BCUT2D eigenvalue weighted by molar-refractivity contribution is 5.95. The molecule has 0 spiro atoms. The van der Waals surface area contributed by atoms with Gasteiger partial charge in [0.15, 0.2) is 0 Å². The molecule has 0 aliphatic rings. The van der Waals surface area contributed by atoms with Crippen molar-refractivity contribution in [3.05, 3.63) is 82.9 Å². The predicted octanol–water partition coefficient (Wildman–Crippen LogP) is 4.21. The summed E-state index contributed by atoms with van der Waals surface area (Å²) in [4.78, 5) is 12.6. The van der Waals surface area contributed by atoms with Gasteiger partial charge in [-0.3, -0.25) is 4.79 Å². The number of nitrogens with zero attached hydrogens (tertiary/aromatic N) is 1. The molecule has 140 valence electrons. The van der Waals surface area contributed by atoms with E-state index in [2.05, 4.69) is 5.32 Å². The summed E-state index contributed by atoms with van der Waals surface area (Å²) in [6.07, 6.45) is 0.451. The standard InChI is InChI=1S/C22H23FN2O2/c1-15-13-20(16(2)25(15)18-8-6-9-19(14-18)27-3)22(26)24-12-11-17-7-4-5-10-21(17)23/h4-10,13-14H,11-12H2,1-3H3,(H,24,26). The molecule has 0 bridgehead atoms. The summed E-state index contributed by atoms with van der Waals surface area (Å²) in [5.74, 6) is 0.354. The van der Waals surface area contributed by atoms with Crippen LogP contribution in [0.5, 0.6) is 5.75 Å². The molecule has 1 heterocycles. The van der Waals surface area contributed by atoms with Gasteiger partial charge in [-0.2, -0.15) is 0 Å². The molecule has 3 aromatic rings. The first-order chi connectivity index (χ1) is 13.0. The van der Waals surface area contributed by atoms with Crippen molar-refractivity contribution in [1.82, 2.24) is 9.88 Å². The van der Waals surface area contributed by atoms with E-state index in [4.69, 9.17) is 4.74 Å². The Morgan fingerprint density at radius 2 is 1.89 bits per heavy atom. The first-order valence-corrected chi connectivity index (χ1v) is 8.86. The van der Waals surface area contributed by atoms with Crippen molar-refractivity contribution >= 4 is 5.91 Å². The summed E-state index contributed by atoms with van der Waals surface area (Å²) in [7, 11) is 1.63. The highest BCUT2D eigenvalue weighted by atomic mass is 19.1. The van der Waals surface area contributed by atoms with E-state index in [0.29, 0.717) is 24.1 Å². The summed E-state index contributed by atoms with van der Waals surface area (Å²) in [5, 5.41) is 2.89. The molecule has 0 aliphatic heterocycles. The van der Waals surface area contributed by atoms with E-state index in [1.807, 2.05) is 48.7 Å². The second-order valence-corrected chi connectivity index (χ2v) is 6.42. The van der Waals surface area contributed by atoms with Crippen molar-refractivity contribution in [2.45, 2.75) is 20.3 Å². The van der Waals surface area contributed by atoms with Gasteiger partial charge in [-0.1, -0.05) is 24.3 Å². The third-order valence-electron chi connectivity index (χ3n) is 4.63. The molecule has 1 amide bonds. The lowest BCUT2D eigenvalue weighted by atomic mass is 10.1. The highest BCUT2D eigenvalue weighted by Crippen LogP contribution is 2.23. The fourth-order valence-corrected chi connectivity index (χ4v) is 3.25. The number of carbonyl (C=O) groups is 1. The van der Waals surface area contributed by atoms with Gasteiger partial charge < -0.3 is 14.6 Å². The molecular formula is C22H23FN2O2. The van der Waals surface area contributed by atoms with Gasteiger partial charge in [-0.05, 0) is 50.1 Å². The molecule has 0 radical (unpaired) electrons. The average molecular weight is 366 g/mol. The summed E-state index contributed by atoms with van der Waals surface area (Å²) in [5.41, 5.74) is 3.96. The number of aromatic nitrogens is 1. The van der Waals surface area contributed by atoms with Gasteiger partial charge in [-0.25, -0.2) is 4.39 Å². The highest BCUT2D eigenvalue weighted by Gasteiger charge is 2.16. The third kappa shape index (κ3) is 4.03. The Kier molecular flexibility index (Phi) is 5.60. The van der Waals surface area contributed by atoms with Gasteiger partial charge >= 0.3 is 0 Å². The monoisotopic (exact) mass is 366 g/mol. The van der Waals surface area contributed by atoms with Crippen LogP contribution in [-0.2, 0) is 6.42 Å². The Morgan fingerprint density at radius 3 is 2.63 bits per heavy atom. The van der Waals surface area contributed by atoms with Crippen molar-refractivity contribution in [3.63, 3.8) is 0 Å². The Balaban J connectivity index is 1.75. The second kappa shape index (κ2) is 8.08. The van der Waals surface area contributed by atoms with Crippen LogP contribution in [0, 0.1) is 19.7 Å². The van der Waals surface area contributed by atoms with E-state index in [9.17, 15) is 9.18 Å². The SMILES string of the molecule is COc1cccc(-n2c(C)cc(C(=O)NCCc3ccccc3F)c2C)c1. The first-order valence-electron chi connectivity index (χ1n) is 8.86. The van der Waals surface area contributed by atoms with E-state index < -0.39 is 0 Å². The number of benzene rings is 2. The fourth-order valence-electron chi connectivity index (χ4n) is 3.25. The van der Waals surface area contributed by atoms with Gasteiger partial charge in [0.2, 0.25) is 0 Å². The topological polar surface area (TPSA) is 43.3 Å². The summed E-state index contributed by atoms with van der Waals surface area (Å²) in [6.45, 7) is 4.25. The van der Waals surface area contributed by atoms with Crippen LogP contribution in [0.3, 0.4) is 0 Å². The Bertz CT molecular complexity index is 963. The molecule has 0 atom stereocenters. The number of rotatable bonds is 6. The zero-order valence-electron chi connectivity index (χ0n) is 15.8. The van der Waals surface area contributed by atoms with Crippen molar-refractivity contribution in [1.29, 1.82) is 0 Å². The molecule has 0 saturated heterocycles. The summed E-state index contributed by atoms with van der Waals surface area (Å²) < 4.78 is 21.0. The van der Waals surface area contributed by atoms with Gasteiger partial charge in [-0.15, -0.1) is 0 Å². The molecule has 2 aromatic carbocycles. The average Bonchev–Trinajstić information content (AvgIpc) is 2.97. The van der Waals surface area contributed by atoms with Crippen molar-refractivity contribution in [3.8, 4) is 11.4 Å². The van der Waals surface area contributed by atoms with Crippen LogP contribution in [0.1, 0.15) is 27.3 Å². The van der Waals surface area contributed by atoms with Crippen LogP contribution in [0.4, 0.5) is 4.39 Å². The van der Waals surface area contributed by atoms with E-state index in [-0.39, 0.29) is 11.7 Å². The molecule has 27 heavy (non-hydrogen) atoms. The van der Waals surface area contributed by atoms with Crippen LogP contribution in [0.2, 0.25) is 0 Å². The molecule has 0 unspecified atom stereocenters. The van der Waals surface area contributed by atoms with Crippen LogP contribution < -0.4 is 10.1 Å². The smallest absolute Gasteiger partial charge is 0.253 e. The van der Waals surface area contributed by atoms with Crippen molar-refractivity contribution < 1.29 is 13.9 Å². The number of carbonyl (C=O) groups excluding carboxylic acids is 1. The van der Waals surface area contributed by atoms with Gasteiger partial charge in [0, 0.05) is 29.7 Å². The molecule has 5 heteroatoms. The maximum absolute atomic E-state index is 13.7. The quantitative estimate of drug-likeness (QED) is 0.710. The molecule has 0 aliphatic carbocycles. The first kappa shape index (κ1) is 18.7. The molecule has 0 saturated carbocycles. The number of methoxy groups -OCH3 is 1. The van der Waals surface area contributed by atoms with Crippen LogP contribution >= 0.6 is 0 Å². The lowest BCUT2D eigenvalue weighted by Gasteiger charge is -2.11. The fraction of sp³-hybridized carbons (Fsp3) is 0.227. The Labute approximate surface area is 158 Å². The summed E-state index contributed by atoms with van der Waals surface area (Å²) >= 11 is 0. The summed E-state index contributed by atoms with van der Waals surface area (Å²) in [6, 6.07) is 16.2.